The average Bonchev–Trinajstić information content (AvgIpc) is 3.36. The number of likely N-dealkylation sites (tertiary alicyclic amines) is 1. The molecule has 1 aliphatic carbocycles. The summed E-state index contributed by atoms with van der Waals surface area (Å²) < 4.78 is 73.6. The lowest BCUT2D eigenvalue weighted by atomic mass is 10.0. The first-order valence-electron chi connectivity index (χ1n) is 13.5. The van der Waals surface area contributed by atoms with E-state index in [1.165, 1.54) is 16.2 Å². The minimum atomic E-state index is -5.08. The van der Waals surface area contributed by atoms with Crippen LogP contribution in [0.3, 0.4) is 0 Å². The second-order valence-electron chi connectivity index (χ2n) is 11.5. The number of thiophene rings is 1. The van der Waals surface area contributed by atoms with E-state index in [1.54, 1.807) is 19.2 Å². The molecule has 5 heterocycles. The molecule has 44 heavy (non-hydrogen) atoms. The van der Waals surface area contributed by atoms with Crippen LogP contribution in [0.15, 0.2) is 24.4 Å². The molecule has 3 aromatic rings. The van der Waals surface area contributed by atoms with E-state index in [9.17, 15) is 35.9 Å². The minimum absolute atomic E-state index is 0.0788. The summed E-state index contributed by atoms with van der Waals surface area (Å²) in [6.45, 7) is 7.14. The van der Waals surface area contributed by atoms with Crippen LogP contribution >= 0.6 is 11.3 Å². The third-order valence-corrected chi connectivity index (χ3v) is 9.24. The number of carboxylic acids is 1. The molecular formula is C28H27F6N5O4S. The number of carbonyl (C=O) groups excluding carboxylic acids is 2. The summed E-state index contributed by atoms with van der Waals surface area (Å²) in [7, 11) is 0. The molecule has 9 nitrogen and oxygen atoms in total. The molecule has 0 bridgehead atoms. The highest BCUT2D eigenvalue weighted by Gasteiger charge is 2.72. The van der Waals surface area contributed by atoms with Gasteiger partial charge in [0.05, 0.1) is 40.0 Å². The lowest BCUT2D eigenvalue weighted by molar-refractivity contribution is -0.192. The number of halogens is 6. The Labute approximate surface area is 250 Å². The van der Waals surface area contributed by atoms with Crippen molar-refractivity contribution in [1.29, 1.82) is 0 Å². The number of imide groups is 1. The van der Waals surface area contributed by atoms with Crippen molar-refractivity contribution in [2.45, 2.75) is 52.1 Å². The van der Waals surface area contributed by atoms with Crippen LogP contribution in [0, 0.1) is 24.2 Å². The zero-order valence-electron chi connectivity index (χ0n) is 23.6. The van der Waals surface area contributed by atoms with Gasteiger partial charge >= 0.3 is 18.3 Å². The lowest BCUT2D eigenvalue weighted by Gasteiger charge is -2.21. The largest absolute Gasteiger partial charge is 0.490 e. The van der Waals surface area contributed by atoms with Gasteiger partial charge in [0, 0.05) is 34.8 Å². The van der Waals surface area contributed by atoms with Gasteiger partial charge in [0.25, 0.3) is 0 Å². The van der Waals surface area contributed by atoms with Crippen LogP contribution in [0.2, 0.25) is 0 Å². The van der Waals surface area contributed by atoms with Crippen LogP contribution in [0.25, 0.3) is 21.3 Å². The highest BCUT2D eigenvalue weighted by atomic mass is 32.1. The second-order valence-corrected chi connectivity index (χ2v) is 12.6. The second kappa shape index (κ2) is 11.0. The Hall–Kier alpha value is -3.79. The van der Waals surface area contributed by atoms with Crippen molar-refractivity contribution in [3.63, 3.8) is 0 Å². The van der Waals surface area contributed by atoms with Crippen molar-refractivity contribution in [1.82, 2.24) is 20.2 Å². The predicted octanol–water partition coefficient (Wildman–Crippen LogP) is 5.23. The van der Waals surface area contributed by atoms with Gasteiger partial charge in [0.1, 0.15) is 5.69 Å². The number of fused-ring (bicyclic) bond motifs is 2. The minimum Gasteiger partial charge on any atom is -0.475 e. The Morgan fingerprint density at radius 1 is 1.14 bits per heavy atom. The predicted molar refractivity (Wildman–Crippen MR) is 147 cm³/mol. The van der Waals surface area contributed by atoms with Crippen LogP contribution in [-0.2, 0) is 27.1 Å². The summed E-state index contributed by atoms with van der Waals surface area (Å²) in [4.78, 5) is 44.9. The molecule has 0 radical (unpaired) electrons. The van der Waals surface area contributed by atoms with Gasteiger partial charge in [-0.3, -0.25) is 19.5 Å². The van der Waals surface area contributed by atoms with Gasteiger partial charge < -0.3 is 15.7 Å². The summed E-state index contributed by atoms with van der Waals surface area (Å²) in [5.41, 5.74) is 1.22. The molecule has 3 aromatic heterocycles. The Morgan fingerprint density at radius 3 is 2.32 bits per heavy atom. The van der Waals surface area contributed by atoms with Crippen LogP contribution < -0.4 is 10.6 Å². The molecule has 0 spiro atoms. The first kappa shape index (κ1) is 31.6. The number of nitrogens with zero attached hydrogens (tertiary/aromatic N) is 3. The number of piperidine rings is 1. The molecule has 236 valence electrons. The Morgan fingerprint density at radius 2 is 1.77 bits per heavy atom. The molecule has 16 heteroatoms. The maximum Gasteiger partial charge on any atom is 0.490 e. The van der Waals surface area contributed by atoms with Gasteiger partial charge in [-0.25, -0.2) is 9.78 Å². The van der Waals surface area contributed by atoms with Gasteiger partial charge in [-0.05, 0) is 43.5 Å². The van der Waals surface area contributed by atoms with E-state index in [0.29, 0.717) is 33.6 Å². The molecule has 1 saturated carbocycles. The fraction of sp³-hybridized carbons (Fsp3) is 0.464. The first-order valence-corrected chi connectivity index (χ1v) is 14.3. The maximum atomic E-state index is 13.7. The van der Waals surface area contributed by atoms with Gasteiger partial charge in [0.15, 0.2) is 0 Å². The van der Waals surface area contributed by atoms with E-state index >= 15 is 0 Å². The molecule has 3 N–H and O–H groups in total. The number of carboxylic acid groups (broad SMARTS) is 1. The highest BCUT2D eigenvalue weighted by Crippen LogP contribution is 2.63. The van der Waals surface area contributed by atoms with E-state index < -0.39 is 24.0 Å². The van der Waals surface area contributed by atoms with Crippen LogP contribution in [0.4, 0.5) is 32.0 Å². The Balaban J connectivity index is 0.000000493. The van der Waals surface area contributed by atoms with Crippen LogP contribution in [0.1, 0.15) is 36.5 Å². The summed E-state index contributed by atoms with van der Waals surface area (Å²) in [5, 5.41) is 13.8. The number of anilines is 1. The summed E-state index contributed by atoms with van der Waals surface area (Å²) in [6.07, 6.45) is -7.25. The zero-order chi connectivity index (χ0) is 32.4. The first-order chi connectivity index (χ1) is 20.4. The number of carbonyl (C=O) groups is 3. The number of aliphatic carboxylic acids is 1. The molecular weight excluding hydrogens is 616 g/mol. The molecule has 2 amide bonds. The molecule has 6 rings (SSSR count). The smallest absolute Gasteiger partial charge is 0.475 e. The number of hydrogen-bond donors (Lipinski definition) is 3. The molecule has 3 aliphatic rings. The van der Waals surface area contributed by atoms with E-state index in [-0.39, 0.29) is 47.3 Å². The highest BCUT2D eigenvalue weighted by molar-refractivity contribution is 7.19. The molecule has 3 atom stereocenters. The van der Waals surface area contributed by atoms with Gasteiger partial charge in [0.2, 0.25) is 11.8 Å². The number of rotatable bonds is 5. The fourth-order valence-electron chi connectivity index (χ4n) is 5.79. The molecule has 0 aromatic carbocycles. The quantitative estimate of drug-likeness (QED) is 0.255. The number of hydrogen-bond acceptors (Lipinski definition) is 8. The molecule has 3 unspecified atom stereocenters. The van der Waals surface area contributed by atoms with Crippen LogP contribution in [-0.4, -0.2) is 63.1 Å². The van der Waals surface area contributed by atoms with Crippen molar-refractivity contribution >= 4 is 45.0 Å². The van der Waals surface area contributed by atoms with Crippen molar-refractivity contribution in [3.05, 3.63) is 40.7 Å². The fourth-order valence-corrected chi connectivity index (χ4v) is 6.92. The number of alkyl halides is 6. The lowest BCUT2D eigenvalue weighted by Crippen LogP contribution is -2.35. The van der Waals surface area contributed by atoms with Gasteiger partial charge in [-0.15, -0.1) is 11.3 Å². The molecule has 2 aliphatic heterocycles. The van der Waals surface area contributed by atoms with Crippen molar-refractivity contribution < 1.29 is 45.8 Å². The zero-order valence-corrected chi connectivity index (χ0v) is 24.4. The van der Waals surface area contributed by atoms with E-state index in [4.69, 9.17) is 9.90 Å². The number of amides is 2. The van der Waals surface area contributed by atoms with E-state index in [2.05, 4.69) is 20.6 Å². The number of nitrogens with one attached hydrogen (secondary N) is 2. The van der Waals surface area contributed by atoms with Gasteiger partial charge in [-0.1, -0.05) is 13.8 Å². The van der Waals surface area contributed by atoms with Gasteiger partial charge in [-0.2, -0.15) is 26.3 Å². The maximum absolute atomic E-state index is 13.7. The van der Waals surface area contributed by atoms with E-state index in [0.717, 1.165) is 23.9 Å². The third kappa shape index (κ3) is 5.84. The Kier molecular flexibility index (Phi) is 7.89. The number of aryl methyl sites for hydroxylation is 1. The average molecular weight is 644 g/mol. The molecule has 2 saturated heterocycles. The van der Waals surface area contributed by atoms with Crippen LogP contribution in [0.5, 0.6) is 0 Å². The monoisotopic (exact) mass is 643 g/mol. The topological polar surface area (TPSA) is 125 Å². The summed E-state index contributed by atoms with van der Waals surface area (Å²) in [5.74, 6) is -3.58. The van der Waals surface area contributed by atoms with Crippen molar-refractivity contribution in [2.75, 3.05) is 18.4 Å². The summed E-state index contributed by atoms with van der Waals surface area (Å²) >= 11 is 1.35. The third-order valence-electron chi connectivity index (χ3n) is 8.10. The van der Waals surface area contributed by atoms with Crippen molar-refractivity contribution in [2.24, 2.45) is 17.3 Å². The van der Waals surface area contributed by atoms with E-state index in [1.807, 2.05) is 19.9 Å². The SMILES string of the molecule is Cc1nc(C(F)(F)F)cc(-c2ccnc3cc(CN4C(=O)C5C(C4=O)C5(C)C)sc23)c1NC1CCNC1.O=C(O)C(F)(F)F. The van der Waals surface area contributed by atoms with Crippen molar-refractivity contribution in [3.8, 4) is 11.1 Å². The normalized spacial score (nSPS) is 22.6. The number of pyridine rings is 2. The molecule has 3 fully saturated rings. The Bertz CT molecular complexity index is 1620. The summed E-state index contributed by atoms with van der Waals surface area (Å²) in [6, 6.07) is 4.69. The number of aromatic nitrogens is 2. The standard InChI is InChI=1S/C26H26F3N5O2S.C2HF3O2/c1-12-21(33-13-4-6-30-10-13)16(9-18(32-12)26(27,28)29)15-5-7-31-17-8-14(37-22(15)17)11-34-23(35)19-20(24(34)36)25(19,2)3;3-2(4,5)1(6)7/h5,7-9,13,19-20,30,33H,4,6,10-11H2,1-3H3;(H,6,7).